The zero-order chi connectivity index (χ0) is 19.2. The average molecular weight is 431 g/mol. The van der Waals surface area contributed by atoms with Crippen LogP contribution in [0.25, 0.3) is 0 Å². The van der Waals surface area contributed by atoms with Gasteiger partial charge >= 0.3 is 95.3 Å². The number of hydrogen-bond acceptors (Lipinski definition) is 5. The van der Waals surface area contributed by atoms with Crippen molar-refractivity contribution in [2.45, 2.75) is 6.92 Å². The molecule has 8 nitrogen and oxygen atoms in total. The number of phenolic OH excluding ortho intramolecular Hbond substituents is 1. The molecule has 0 unspecified atom stereocenters. The number of benzene rings is 2. The molecular formula is C14H16AsBClNO7. The van der Waals surface area contributed by atoms with Crippen LogP contribution in [0.15, 0.2) is 42.5 Å². The number of para-hydroxylation sites is 1. The first-order chi connectivity index (χ1) is 11.5. The van der Waals surface area contributed by atoms with E-state index in [0.29, 0.717) is 10.5 Å². The minimum absolute atomic E-state index is 0.225. The van der Waals surface area contributed by atoms with Crippen LogP contribution in [0.2, 0.25) is 5.02 Å². The van der Waals surface area contributed by atoms with Gasteiger partial charge in [0.05, 0.1) is 0 Å². The number of carbonyl (C=O) groups excluding carboxylic acids is 1. The van der Waals surface area contributed by atoms with E-state index in [1.54, 1.807) is 18.2 Å². The molecule has 134 valence electrons. The molecule has 0 aliphatic heterocycles. The predicted molar refractivity (Wildman–Crippen MR) is 94.2 cm³/mol. The Kier molecular flexibility index (Phi) is 7.75. The van der Waals surface area contributed by atoms with Crippen LogP contribution in [0.5, 0.6) is 5.75 Å². The molecule has 6 N–H and O–H groups in total. The van der Waals surface area contributed by atoms with Crippen molar-refractivity contribution in [1.82, 2.24) is 0 Å². The first-order valence-electron chi connectivity index (χ1n) is 6.79. The van der Waals surface area contributed by atoms with Crippen molar-refractivity contribution in [3.8, 4) is 5.75 Å². The normalized spacial score (nSPS) is 10.5. The summed E-state index contributed by atoms with van der Waals surface area (Å²) < 4.78 is 28.8. The van der Waals surface area contributed by atoms with Gasteiger partial charge in [0.15, 0.2) is 0 Å². The monoisotopic (exact) mass is 431 g/mol. The van der Waals surface area contributed by atoms with E-state index >= 15 is 0 Å². The average Bonchev–Trinajstić information content (AvgIpc) is 2.48. The Morgan fingerprint density at radius 3 is 2.20 bits per heavy atom. The van der Waals surface area contributed by atoms with Crippen molar-refractivity contribution in [3.63, 3.8) is 0 Å². The van der Waals surface area contributed by atoms with Crippen LogP contribution in [0.1, 0.15) is 6.92 Å². The van der Waals surface area contributed by atoms with E-state index in [-0.39, 0.29) is 15.8 Å². The van der Waals surface area contributed by atoms with Crippen LogP contribution in [-0.2, 0) is 8.53 Å². The first-order valence-corrected chi connectivity index (χ1v) is 10.6. The Hall–Kier alpha value is -1.74. The molecule has 2 aromatic rings. The molecular weight excluding hydrogens is 415 g/mol. The van der Waals surface area contributed by atoms with E-state index in [1.165, 1.54) is 31.2 Å². The predicted octanol–water partition coefficient (Wildman–Crippen LogP) is -1.07. The molecule has 0 fully saturated rings. The number of rotatable bonds is 3. The maximum Gasteiger partial charge on any atom is 0.488 e. The summed E-state index contributed by atoms with van der Waals surface area (Å²) in [6.07, 6.45) is 0. The Balaban J connectivity index is 0.000000271. The molecule has 0 aliphatic carbocycles. The molecule has 25 heavy (non-hydrogen) atoms. The van der Waals surface area contributed by atoms with E-state index in [2.05, 4.69) is 5.32 Å². The van der Waals surface area contributed by atoms with Gasteiger partial charge in [0.25, 0.3) is 0 Å². The quantitative estimate of drug-likeness (QED) is 0.268. The van der Waals surface area contributed by atoms with Gasteiger partial charge < -0.3 is 10.0 Å². The van der Waals surface area contributed by atoms with Crippen molar-refractivity contribution in [2.24, 2.45) is 0 Å². The van der Waals surface area contributed by atoms with Gasteiger partial charge in [-0.2, -0.15) is 0 Å². The molecule has 0 aliphatic rings. The fraction of sp³-hybridized carbons (Fsp3) is 0.0714. The van der Waals surface area contributed by atoms with Crippen LogP contribution >= 0.6 is 11.6 Å². The van der Waals surface area contributed by atoms with Crippen LogP contribution < -0.4 is 15.1 Å². The Labute approximate surface area is 151 Å². The molecule has 11 heteroatoms. The number of hydrogen-bond donors (Lipinski definition) is 6. The number of amides is 1. The zero-order valence-corrected chi connectivity index (χ0v) is 15.6. The maximum atomic E-state index is 11.1. The summed E-state index contributed by atoms with van der Waals surface area (Å²) in [5.74, 6) is -0.880. The summed E-state index contributed by atoms with van der Waals surface area (Å²) in [5, 5.41) is 29.3. The smallest absolute Gasteiger partial charge is 0.423 e. The molecule has 0 spiro atoms. The number of carbonyl (C=O) groups is 1. The summed E-state index contributed by atoms with van der Waals surface area (Å²) in [6.45, 7) is 1.18. The summed E-state index contributed by atoms with van der Waals surface area (Å²) >= 11 is 0.425. The van der Waals surface area contributed by atoms with E-state index in [0.717, 1.165) is 0 Å². The van der Waals surface area contributed by atoms with Crippen LogP contribution in [0, 0.1) is 0 Å². The molecule has 0 saturated heterocycles. The second-order valence-corrected chi connectivity index (χ2v) is 8.56. The number of halogens is 1. The molecule has 0 aromatic heterocycles. The molecule has 0 radical (unpaired) electrons. The minimum atomic E-state index is -5.14. The molecule has 1 amide bonds. The maximum absolute atomic E-state index is 11.1. The van der Waals surface area contributed by atoms with Gasteiger partial charge in [-0.05, 0) is 17.6 Å². The van der Waals surface area contributed by atoms with Gasteiger partial charge in [0, 0.05) is 5.02 Å². The fourth-order valence-corrected chi connectivity index (χ4v) is 3.50. The SMILES string of the molecule is CC(=O)Nc1c(O)cccc1[As](=O)(O)O.OB(O)c1cccc(Cl)c1. The summed E-state index contributed by atoms with van der Waals surface area (Å²) in [4.78, 5) is 10.8. The van der Waals surface area contributed by atoms with Gasteiger partial charge in [-0.25, -0.2) is 0 Å². The zero-order valence-electron chi connectivity index (χ0n) is 13.0. The number of phenols is 1. The largest absolute Gasteiger partial charge is 0.488 e. The third kappa shape index (κ3) is 6.95. The molecule has 0 saturated carbocycles. The van der Waals surface area contributed by atoms with E-state index in [9.17, 15) is 13.6 Å². The van der Waals surface area contributed by atoms with Crippen LogP contribution in [0.4, 0.5) is 5.69 Å². The van der Waals surface area contributed by atoms with Gasteiger partial charge in [-0.1, -0.05) is 23.7 Å². The van der Waals surface area contributed by atoms with Crippen molar-refractivity contribution in [2.75, 3.05) is 5.32 Å². The third-order valence-corrected chi connectivity index (χ3v) is 5.12. The Morgan fingerprint density at radius 1 is 1.16 bits per heavy atom. The summed E-state index contributed by atoms with van der Waals surface area (Å²) in [7, 11) is -1.43. The number of nitrogens with one attached hydrogen (secondary N) is 1. The van der Waals surface area contributed by atoms with Crippen molar-refractivity contribution < 1.29 is 31.9 Å². The van der Waals surface area contributed by atoms with E-state index in [1.807, 2.05) is 0 Å². The Morgan fingerprint density at radius 2 is 1.76 bits per heavy atom. The van der Waals surface area contributed by atoms with Crippen LogP contribution in [0.3, 0.4) is 0 Å². The van der Waals surface area contributed by atoms with Crippen molar-refractivity contribution in [1.29, 1.82) is 0 Å². The summed E-state index contributed by atoms with van der Waals surface area (Å²) in [6, 6.07) is 10.1. The summed E-state index contributed by atoms with van der Waals surface area (Å²) in [5.41, 5.74) is 0.185. The standard InChI is InChI=1S/C8H10AsNO5.C6H6BClO2/c1-5(11)10-8-6(9(13,14)15)3-2-4-7(8)12;8-6-3-1-2-5(4-6)7(9)10/h2-4,12H,1H3,(H,10,11)(H2,13,14,15);1-4,9-10H. The molecule has 2 aromatic carbocycles. The van der Waals surface area contributed by atoms with Gasteiger partial charge in [0.2, 0.25) is 0 Å². The fourth-order valence-electron chi connectivity index (χ4n) is 1.74. The van der Waals surface area contributed by atoms with Crippen molar-refractivity contribution in [3.05, 3.63) is 47.5 Å². The topological polar surface area (TPSA) is 147 Å². The Bertz CT molecular complexity index is 796. The minimum Gasteiger partial charge on any atom is -0.423 e. The third-order valence-electron chi connectivity index (χ3n) is 2.78. The van der Waals surface area contributed by atoms with Gasteiger partial charge in [0.1, 0.15) is 0 Å². The molecule has 0 heterocycles. The second-order valence-electron chi connectivity index (χ2n) is 4.83. The van der Waals surface area contributed by atoms with E-state index in [4.69, 9.17) is 29.8 Å². The van der Waals surface area contributed by atoms with E-state index < -0.39 is 27.2 Å². The second kappa shape index (κ2) is 9.10. The van der Waals surface area contributed by atoms with Crippen molar-refractivity contribution >= 4 is 54.3 Å². The van der Waals surface area contributed by atoms with Gasteiger partial charge in [-0.15, -0.1) is 0 Å². The molecule has 0 bridgehead atoms. The molecule has 0 atom stereocenters. The van der Waals surface area contributed by atoms with Crippen LogP contribution in [-0.4, -0.2) is 50.5 Å². The number of anilines is 1. The molecule has 2 rings (SSSR count). The van der Waals surface area contributed by atoms with Gasteiger partial charge in [-0.3, -0.25) is 0 Å². The number of aromatic hydroxyl groups is 1. The first kappa shape index (κ1) is 21.3.